The van der Waals surface area contributed by atoms with Crippen LogP contribution in [0.5, 0.6) is 0 Å². The number of para-hydroxylation sites is 4. The van der Waals surface area contributed by atoms with Crippen molar-refractivity contribution in [3.63, 3.8) is 0 Å². The van der Waals surface area contributed by atoms with E-state index in [1.165, 1.54) is 10.9 Å². The molecule has 7 heteroatoms. The maximum Gasteiger partial charge on any atom is 0.238 e. The Hall–Kier alpha value is -8.29. The molecule has 5 heterocycles. The Labute approximate surface area is 343 Å². The summed E-state index contributed by atoms with van der Waals surface area (Å²) in [4.78, 5) is 15.6. The molecular weight excluding hydrogens is 735 g/mol. The molecule has 0 aliphatic rings. The number of aromatic nitrogens is 7. The molecule has 7 nitrogen and oxygen atoms in total. The van der Waals surface area contributed by atoms with Gasteiger partial charge in [-0.15, -0.1) is 0 Å². The second-order valence-corrected chi connectivity index (χ2v) is 15.3. The van der Waals surface area contributed by atoms with E-state index in [4.69, 9.17) is 15.0 Å². The van der Waals surface area contributed by atoms with E-state index in [0.717, 1.165) is 82.8 Å². The molecule has 0 aliphatic carbocycles. The van der Waals surface area contributed by atoms with Gasteiger partial charge in [0.1, 0.15) is 5.65 Å². The summed E-state index contributed by atoms with van der Waals surface area (Å²) < 4.78 is 9.44. The van der Waals surface area contributed by atoms with Gasteiger partial charge in [-0.25, -0.2) is 4.98 Å². The molecule has 0 saturated heterocycles. The smallest absolute Gasteiger partial charge is 0.238 e. The van der Waals surface area contributed by atoms with Gasteiger partial charge in [-0.3, -0.25) is 13.5 Å². The Kier molecular flexibility index (Phi) is 6.88. The number of imidazole rings is 1. The summed E-state index contributed by atoms with van der Waals surface area (Å²) in [5, 5.41) is 5.78. The normalized spacial score (nSPS) is 12.0. The number of fused-ring (bicyclic) bond motifs is 12. The van der Waals surface area contributed by atoms with Crippen molar-refractivity contribution in [2.24, 2.45) is 0 Å². The van der Waals surface area contributed by atoms with Crippen molar-refractivity contribution in [1.82, 2.24) is 33.1 Å². The van der Waals surface area contributed by atoms with Crippen LogP contribution in [0.3, 0.4) is 0 Å². The summed E-state index contributed by atoms with van der Waals surface area (Å²) >= 11 is 0. The summed E-state index contributed by atoms with van der Waals surface area (Å²) in [5.74, 6) is 1.82. The third-order valence-corrected chi connectivity index (χ3v) is 12.0. The summed E-state index contributed by atoms with van der Waals surface area (Å²) in [6.07, 6.45) is 0. The summed E-state index contributed by atoms with van der Waals surface area (Å²) in [5.41, 5.74) is 13.0. The second kappa shape index (κ2) is 12.6. The monoisotopic (exact) mass is 767 g/mol. The predicted molar refractivity (Wildman–Crippen MR) is 245 cm³/mol. The van der Waals surface area contributed by atoms with Crippen molar-refractivity contribution in [2.45, 2.75) is 0 Å². The van der Waals surface area contributed by atoms with Gasteiger partial charge in [0.15, 0.2) is 11.6 Å². The topological polar surface area (TPSA) is 57.9 Å². The van der Waals surface area contributed by atoms with Gasteiger partial charge in [0.05, 0.1) is 38.6 Å². The molecule has 0 spiro atoms. The van der Waals surface area contributed by atoms with E-state index in [1.54, 1.807) is 0 Å². The first kappa shape index (κ1) is 32.8. The highest BCUT2D eigenvalue weighted by Gasteiger charge is 2.24. The lowest BCUT2D eigenvalue weighted by atomic mass is 10.1. The van der Waals surface area contributed by atoms with Crippen LogP contribution in [0.1, 0.15) is 0 Å². The highest BCUT2D eigenvalue weighted by molar-refractivity contribution is 6.26. The van der Waals surface area contributed by atoms with Crippen LogP contribution in [-0.2, 0) is 0 Å². The van der Waals surface area contributed by atoms with E-state index >= 15 is 0 Å². The van der Waals surface area contributed by atoms with Crippen molar-refractivity contribution >= 4 is 71.2 Å². The van der Waals surface area contributed by atoms with Crippen LogP contribution in [0, 0.1) is 0 Å². The van der Waals surface area contributed by atoms with E-state index in [1.807, 2.05) is 36.4 Å². The van der Waals surface area contributed by atoms with Crippen LogP contribution in [0.4, 0.5) is 0 Å². The third-order valence-electron chi connectivity index (χ3n) is 12.0. The molecule has 0 bridgehead atoms. The summed E-state index contributed by atoms with van der Waals surface area (Å²) in [6.45, 7) is 0. The van der Waals surface area contributed by atoms with Crippen LogP contribution >= 0.6 is 0 Å². The number of nitrogens with zero attached hydrogens (tertiary/aromatic N) is 7. The number of benzene rings is 8. The Balaban J connectivity index is 1.13. The maximum absolute atomic E-state index is 5.26. The van der Waals surface area contributed by atoms with Gasteiger partial charge < -0.3 is 4.57 Å². The van der Waals surface area contributed by atoms with Crippen LogP contribution in [0.15, 0.2) is 200 Å². The quantitative estimate of drug-likeness (QED) is 0.175. The van der Waals surface area contributed by atoms with Crippen LogP contribution in [-0.4, -0.2) is 33.1 Å². The SMILES string of the molecule is c1ccc(-c2nc(-c3ccccc3)nc(-n3c4ccccc4c4ccc5c(c6ccccc6n5-c5ccc6c(c5)n5c7ccccc7cc5n6-c5ccccc5)c43)n2)cc1. The lowest BCUT2D eigenvalue weighted by Gasteiger charge is -2.12. The largest absolute Gasteiger partial charge is 0.309 e. The fraction of sp³-hybridized carbons (Fsp3) is 0. The van der Waals surface area contributed by atoms with Gasteiger partial charge in [0, 0.05) is 49.4 Å². The fourth-order valence-corrected chi connectivity index (χ4v) is 9.44. The first-order valence-electron chi connectivity index (χ1n) is 20.2. The van der Waals surface area contributed by atoms with E-state index in [-0.39, 0.29) is 0 Å². The molecular formula is C53H33N7. The molecule has 0 aliphatic heterocycles. The number of rotatable bonds is 5. The molecule has 0 saturated carbocycles. The van der Waals surface area contributed by atoms with Gasteiger partial charge in [-0.05, 0) is 60.7 Å². The minimum absolute atomic E-state index is 0.573. The first-order valence-corrected chi connectivity index (χ1v) is 20.2. The van der Waals surface area contributed by atoms with Crippen molar-refractivity contribution in [1.29, 1.82) is 0 Å². The minimum Gasteiger partial charge on any atom is -0.309 e. The zero-order valence-corrected chi connectivity index (χ0v) is 32.2. The van der Waals surface area contributed by atoms with Gasteiger partial charge in [0.2, 0.25) is 5.95 Å². The van der Waals surface area contributed by atoms with E-state index in [2.05, 4.69) is 182 Å². The van der Waals surface area contributed by atoms with Gasteiger partial charge in [-0.2, -0.15) is 9.97 Å². The third kappa shape index (κ3) is 4.68. The fourth-order valence-electron chi connectivity index (χ4n) is 9.44. The predicted octanol–water partition coefficient (Wildman–Crippen LogP) is 12.7. The zero-order chi connectivity index (χ0) is 39.3. The molecule has 0 radical (unpaired) electrons. The van der Waals surface area contributed by atoms with Gasteiger partial charge in [0.25, 0.3) is 0 Å². The van der Waals surface area contributed by atoms with Crippen molar-refractivity contribution in [3.8, 4) is 40.1 Å². The lowest BCUT2D eigenvalue weighted by Crippen LogP contribution is -2.06. The van der Waals surface area contributed by atoms with E-state index < -0.39 is 0 Å². The average Bonchev–Trinajstić information content (AvgIpc) is 4.05. The zero-order valence-electron chi connectivity index (χ0n) is 32.2. The molecule has 60 heavy (non-hydrogen) atoms. The molecule has 0 fully saturated rings. The minimum atomic E-state index is 0.573. The molecule has 280 valence electrons. The first-order chi connectivity index (χ1) is 29.8. The molecule has 0 atom stereocenters. The van der Waals surface area contributed by atoms with Crippen molar-refractivity contribution in [2.75, 3.05) is 0 Å². The Bertz CT molecular complexity index is 3760. The molecule has 0 N–H and O–H groups in total. The van der Waals surface area contributed by atoms with Crippen molar-refractivity contribution in [3.05, 3.63) is 200 Å². The molecule has 0 amide bonds. The van der Waals surface area contributed by atoms with E-state index in [0.29, 0.717) is 17.6 Å². The molecule has 8 aromatic carbocycles. The van der Waals surface area contributed by atoms with Gasteiger partial charge >= 0.3 is 0 Å². The van der Waals surface area contributed by atoms with E-state index in [9.17, 15) is 0 Å². The van der Waals surface area contributed by atoms with Crippen LogP contribution in [0.25, 0.3) is 111 Å². The average molecular weight is 768 g/mol. The maximum atomic E-state index is 5.26. The molecule has 13 aromatic rings. The highest BCUT2D eigenvalue weighted by Crippen LogP contribution is 2.42. The second-order valence-electron chi connectivity index (χ2n) is 15.3. The lowest BCUT2D eigenvalue weighted by molar-refractivity contribution is 0.955. The number of hydrogen-bond donors (Lipinski definition) is 0. The van der Waals surface area contributed by atoms with Crippen molar-refractivity contribution < 1.29 is 0 Å². The summed E-state index contributed by atoms with van der Waals surface area (Å²) in [6, 6.07) is 70.7. The summed E-state index contributed by atoms with van der Waals surface area (Å²) in [7, 11) is 0. The standard InChI is InChI=1S/C53H33N7/c1-4-16-34(17-5-1)51-54-52(35-18-6-2-7-19-35)56-53(55-51)60-43-26-14-11-23-39(43)40-29-31-46-49(50(40)60)41-24-12-15-27-44(41)57(46)38-28-30-45-47(33-38)59-42-25-13-10-20-36(42)32-48(59)58(45)37-21-8-3-9-22-37/h1-33H. The molecule has 0 unspecified atom stereocenters. The van der Waals surface area contributed by atoms with Crippen LogP contribution in [0.2, 0.25) is 0 Å². The Morgan fingerprint density at radius 2 is 0.917 bits per heavy atom. The molecule has 5 aromatic heterocycles. The van der Waals surface area contributed by atoms with Gasteiger partial charge in [-0.1, -0.05) is 140 Å². The highest BCUT2D eigenvalue weighted by atomic mass is 15.2. The molecule has 13 rings (SSSR count). The Morgan fingerprint density at radius 1 is 0.333 bits per heavy atom. The Morgan fingerprint density at radius 3 is 1.63 bits per heavy atom. The number of hydrogen-bond acceptors (Lipinski definition) is 3. The van der Waals surface area contributed by atoms with Crippen LogP contribution < -0.4 is 0 Å².